The van der Waals surface area contributed by atoms with Crippen molar-refractivity contribution in [3.8, 4) is 10.8 Å². The van der Waals surface area contributed by atoms with Gasteiger partial charge in [0.05, 0.1) is 31.4 Å². The molecule has 4 aromatic rings. The van der Waals surface area contributed by atoms with Gasteiger partial charge in [-0.3, -0.25) is 9.36 Å². The van der Waals surface area contributed by atoms with E-state index in [9.17, 15) is 29.0 Å². The molecule has 0 saturated carbocycles. The number of aryl methyl sites for hydroxylation is 1. The van der Waals surface area contributed by atoms with Crippen molar-refractivity contribution in [1.29, 1.82) is 0 Å². The van der Waals surface area contributed by atoms with Crippen LogP contribution in [0.15, 0.2) is 40.2 Å². The summed E-state index contributed by atoms with van der Waals surface area (Å²) in [5.74, 6) is -1.63. The number of benzene rings is 1. The van der Waals surface area contributed by atoms with Crippen LogP contribution < -0.4 is 16.0 Å². The van der Waals surface area contributed by atoms with E-state index in [0.717, 1.165) is 11.3 Å². The number of nitrogens with zero attached hydrogens (tertiary/aromatic N) is 5. The van der Waals surface area contributed by atoms with Gasteiger partial charge in [0, 0.05) is 24.3 Å². The third-order valence-corrected chi connectivity index (χ3v) is 7.66. The number of aromatic nitrogens is 5. The molecule has 12 nitrogen and oxygen atoms in total. The van der Waals surface area contributed by atoms with Crippen LogP contribution in [0.1, 0.15) is 37.5 Å². The summed E-state index contributed by atoms with van der Waals surface area (Å²) in [6, 6.07) is 3.87. The van der Waals surface area contributed by atoms with E-state index in [1.807, 2.05) is 0 Å². The zero-order chi connectivity index (χ0) is 28.5. The van der Waals surface area contributed by atoms with Gasteiger partial charge in [-0.05, 0) is 45.4 Å². The van der Waals surface area contributed by atoms with Crippen molar-refractivity contribution in [2.45, 2.75) is 45.4 Å². The lowest BCUT2D eigenvalue weighted by Crippen LogP contribution is -2.52. The van der Waals surface area contributed by atoms with Gasteiger partial charge in [-0.15, -0.1) is 4.80 Å². The minimum atomic E-state index is -1.90. The molecule has 0 amide bonds. The summed E-state index contributed by atoms with van der Waals surface area (Å²) in [5, 5.41) is 28.0. The molecule has 14 heteroatoms. The van der Waals surface area contributed by atoms with Crippen LogP contribution in [0.2, 0.25) is 0 Å². The Morgan fingerprint density at radius 3 is 2.54 bits per heavy atom. The van der Waals surface area contributed by atoms with Gasteiger partial charge in [0.15, 0.2) is 0 Å². The predicted molar refractivity (Wildman–Crippen MR) is 140 cm³/mol. The average molecular weight is 562 g/mol. The average Bonchev–Trinajstić information content (AvgIpc) is 3.53. The second kappa shape index (κ2) is 11.1. The molecule has 0 bridgehead atoms. The normalized spacial score (nSPS) is 12.7. The largest absolute Gasteiger partial charge is 0.496 e. The molecule has 0 aliphatic carbocycles. The molecule has 3 aromatic heterocycles. The number of carboxylic acid groups (broad SMARTS) is 1. The Kier molecular flexibility index (Phi) is 7.99. The highest BCUT2D eigenvalue weighted by Gasteiger charge is 2.36. The van der Waals surface area contributed by atoms with Gasteiger partial charge >= 0.3 is 11.7 Å². The number of aliphatic hydroxyl groups is 1. The number of carboxylic acids is 1. The first-order chi connectivity index (χ1) is 18.5. The molecule has 0 radical (unpaired) electrons. The molecule has 0 saturated heterocycles. The molecule has 1 atom stereocenters. The fraction of sp³-hybridized carbons (Fsp3) is 0.400. The lowest BCUT2D eigenvalue weighted by atomic mass is 10.1. The van der Waals surface area contributed by atoms with Gasteiger partial charge in [0.2, 0.25) is 0 Å². The number of aliphatic hydroxyl groups excluding tert-OH is 1. The Hall–Kier alpha value is -3.88. The summed E-state index contributed by atoms with van der Waals surface area (Å²) in [6.45, 7) is 3.89. The van der Waals surface area contributed by atoms with Gasteiger partial charge < -0.3 is 19.7 Å². The van der Waals surface area contributed by atoms with Crippen molar-refractivity contribution in [3.05, 3.63) is 68.4 Å². The highest BCUT2D eigenvalue weighted by Crippen LogP contribution is 2.34. The fourth-order valence-corrected chi connectivity index (χ4v) is 5.47. The molecule has 0 spiro atoms. The maximum absolute atomic E-state index is 14.3. The third kappa shape index (κ3) is 5.10. The van der Waals surface area contributed by atoms with E-state index in [4.69, 9.17) is 9.47 Å². The maximum Gasteiger partial charge on any atom is 0.333 e. The number of methoxy groups -OCH3 is 1. The van der Waals surface area contributed by atoms with Crippen molar-refractivity contribution in [3.63, 3.8) is 0 Å². The van der Waals surface area contributed by atoms with E-state index in [0.29, 0.717) is 26.4 Å². The van der Waals surface area contributed by atoms with Crippen molar-refractivity contribution in [1.82, 2.24) is 24.1 Å². The smallest absolute Gasteiger partial charge is 0.333 e. The Morgan fingerprint density at radius 1 is 1.23 bits per heavy atom. The van der Waals surface area contributed by atoms with Crippen molar-refractivity contribution < 1.29 is 28.9 Å². The van der Waals surface area contributed by atoms with Gasteiger partial charge in [-0.25, -0.2) is 18.5 Å². The van der Waals surface area contributed by atoms with Crippen LogP contribution in [-0.2, 0) is 21.6 Å². The number of halogens is 1. The summed E-state index contributed by atoms with van der Waals surface area (Å²) in [4.78, 5) is 41.3. The second-order valence-corrected chi connectivity index (χ2v) is 10.2. The van der Waals surface area contributed by atoms with E-state index in [1.165, 1.54) is 60.9 Å². The molecule has 2 N–H and O–H groups in total. The van der Waals surface area contributed by atoms with Crippen LogP contribution in [0.4, 0.5) is 4.39 Å². The van der Waals surface area contributed by atoms with Crippen molar-refractivity contribution in [2.75, 3.05) is 20.3 Å². The first kappa shape index (κ1) is 28.1. The number of thiophene rings is 1. The fourth-order valence-electron chi connectivity index (χ4n) is 4.25. The molecular formula is C25H28FN5O7S. The van der Waals surface area contributed by atoms with Crippen LogP contribution in [-0.4, -0.2) is 60.6 Å². The highest BCUT2D eigenvalue weighted by atomic mass is 32.1. The number of ether oxygens (including phenoxy) is 2. The van der Waals surface area contributed by atoms with E-state index in [2.05, 4.69) is 10.2 Å². The zero-order valence-corrected chi connectivity index (χ0v) is 22.6. The number of hydrogen-bond acceptors (Lipinski definition) is 9. The summed E-state index contributed by atoms with van der Waals surface area (Å²) < 4.78 is 27.7. The Labute approximate surface area is 225 Å². The van der Waals surface area contributed by atoms with Crippen LogP contribution in [0.25, 0.3) is 15.2 Å². The lowest BCUT2D eigenvalue weighted by molar-refractivity contribution is -0.146. The molecule has 0 aliphatic rings. The Bertz CT molecular complexity index is 1620. The van der Waals surface area contributed by atoms with E-state index in [1.54, 1.807) is 6.92 Å². The van der Waals surface area contributed by atoms with Gasteiger partial charge in [0.1, 0.15) is 33.0 Å². The first-order valence-electron chi connectivity index (χ1n) is 12.0. The molecule has 0 fully saturated rings. The van der Waals surface area contributed by atoms with E-state index >= 15 is 0 Å². The quantitative estimate of drug-likeness (QED) is 0.263. The molecular weight excluding hydrogens is 533 g/mol. The summed E-state index contributed by atoms with van der Waals surface area (Å²) >= 11 is 1.08. The number of fused-ring (bicyclic) bond motifs is 1. The lowest BCUT2D eigenvalue weighted by Gasteiger charge is -2.25. The van der Waals surface area contributed by atoms with Crippen molar-refractivity contribution >= 4 is 27.5 Å². The minimum Gasteiger partial charge on any atom is -0.496 e. The molecule has 3 heterocycles. The molecule has 0 aliphatic heterocycles. The SMILES string of the molecule is COc1ccc(F)cc1[C@H](Cn1c(=O)n(C(C)(C)C(=O)O)c(=O)c2c(C)c(-n3nccn3)sc21)OCCCO. The number of aliphatic carboxylic acids is 1. The summed E-state index contributed by atoms with van der Waals surface area (Å²) in [7, 11) is 1.41. The van der Waals surface area contributed by atoms with Gasteiger partial charge in [0.25, 0.3) is 5.56 Å². The summed E-state index contributed by atoms with van der Waals surface area (Å²) in [5.41, 5.74) is -2.79. The number of carbonyl (C=O) groups is 1. The molecule has 208 valence electrons. The van der Waals surface area contributed by atoms with Crippen LogP contribution in [0.3, 0.4) is 0 Å². The van der Waals surface area contributed by atoms with Gasteiger partial charge in [-0.1, -0.05) is 11.3 Å². The monoisotopic (exact) mass is 561 g/mol. The number of rotatable bonds is 11. The molecule has 1 aromatic carbocycles. The molecule has 0 unspecified atom stereocenters. The van der Waals surface area contributed by atoms with Gasteiger partial charge in [-0.2, -0.15) is 10.2 Å². The summed E-state index contributed by atoms with van der Waals surface area (Å²) in [6.07, 6.45) is 2.24. The first-order valence-corrected chi connectivity index (χ1v) is 12.8. The Morgan fingerprint density at radius 2 is 1.92 bits per heavy atom. The minimum absolute atomic E-state index is 0.0743. The second-order valence-electron chi connectivity index (χ2n) is 9.25. The third-order valence-electron chi connectivity index (χ3n) is 6.38. The predicted octanol–water partition coefficient (Wildman–Crippen LogP) is 2.22. The standard InChI is InChI=1S/C25H28FN5O7S/c1-14-19-20(33)30(25(2,3)23(34)35)24(36)29(22(19)39-21(14)31-27-8-9-28-31)13-18(38-11-5-10-32)16-12-15(26)6-7-17(16)37-4/h6-9,12,18,32H,5,10-11,13H2,1-4H3,(H,34,35)/t18-/m0/s1. The topological polar surface area (TPSA) is 151 Å². The van der Waals surface area contributed by atoms with Crippen LogP contribution >= 0.6 is 11.3 Å². The van der Waals surface area contributed by atoms with Crippen molar-refractivity contribution in [2.24, 2.45) is 0 Å². The maximum atomic E-state index is 14.3. The van der Waals surface area contributed by atoms with Crippen LogP contribution in [0.5, 0.6) is 5.75 Å². The highest BCUT2D eigenvalue weighted by molar-refractivity contribution is 7.21. The van der Waals surface area contributed by atoms with E-state index in [-0.39, 0.29) is 36.4 Å². The zero-order valence-electron chi connectivity index (χ0n) is 21.8. The van der Waals surface area contributed by atoms with E-state index < -0.39 is 34.7 Å². The number of hydrogen-bond donors (Lipinski definition) is 2. The molecule has 39 heavy (non-hydrogen) atoms. The Balaban J connectivity index is 2.03. The van der Waals surface area contributed by atoms with Crippen LogP contribution in [0, 0.1) is 12.7 Å². The molecule has 4 rings (SSSR count).